The molecule has 3 atom stereocenters. The summed E-state index contributed by atoms with van der Waals surface area (Å²) in [4.78, 5) is 22.7. The summed E-state index contributed by atoms with van der Waals surface area (Å²) in [6, 6.07) is -0.793. The predicted octanol–water partition coefficient (Wildman–Crippen LogP) is 0.638. The molecule has 16 heavy (non-hydrogen) atoms. The Morgan fingerprint density at radius 2 is 2.25 bits per heavy atom. The van der Waals surface area contributed by atoms with Crippen molar-refractivity contribution in [1.29, 1.82) is 0 Å². The Morgan fingerprint density at radius 1 is 1.56 bits per heavy atom. The molecule has 92 valence electrons. The first-order valence-electron chi connectivity index (χ1n) is 5.67. The molecule has 0 aromatic carbocycles. The van der Waals surface area contributed by atoms with E-state index in [1.54, 1.807) is 0 Å². The summed E-state index contributed by atoms with van der Waals surface area (Å²) in [6.07, 6.45) is 1.40. The maximum Gasteiger partial charge on any atom is 0.326 e. The molecule has 1 aliphatic rings. The van der Waals surface area contributed by atoms with Crippen LogP contribution in [0.1, 0.15) is 26.7 Å². The number of hydrogen-bond acceptors (Lipinski definition) is 3. The second-order valence-corrected chi connectivity index (χ2v) is 4.27. The van der Waals surface area contributed by atoms with Crippen molar-refractivity contribution in [3.63, 3.8) is 0 Å². The summed E-state index contributed by atoms with van der Waals surface area (Å²) in [5, 5.41) is 11.6. The van der Waals surface area contributed by atoms with Crippen molar-refractivity contribution in [1.82, 2.24) is 5.32 Å². The molecule has 1 fully saturated rings. The zero-order chi connectivity index (χ0) is 12.1. The van der Waals surface area contributed by atoms with E-state index in [1.807, 2.05) is 13.8 Å². The van der Waals surface area contributed by atoms with Gasteiger partial charge in [0.05, 0.1) is 12.5 Å². The third-order valence-corrected chi connectivity index (χ3v) is 3.08. The molecular formula is C11H19NO4. The number of nitrogens with one attached hydrogen (secondary N) is 1. The van der Waals surface area contributed by atoms with Gasteiger partial charge in [-0.3, -0.25) is 4.79 Å². The highest BCUT2D eigenvalue weighted by molar-refractivity contribution is 5.85. The van der Waals surface area contributed by atoms with Crippen molar-refractivity contribution in [3.05, 3.63) is 0 Å². The van der Waals surface area contributed by atoms with Gasteiger partial charge in [-0.15, -0.1) is 0 Å². The standard InChI is InChI=1S/C11H19NO4/c1-3-7(2)9(11(14)15)12-10(13)8-4-5-16-6-8/h7-9H,3-6H2,1-2H3,(H,12,13)(H,14,15)/t7-,8-,9-/m1/s1. The number of carbonyl (C=O) groups is 2. The number of rotatable bonds is 5. The molecule has 0 unspecified atom stereocenters. The molecule has 0 radical (unpaired) electrons. The molecule has 5 nitrogen and oxygen atoms in total. The summed E-state index contributed by atoms with van der Waals surface area (Å²) < 4.78 is 5.10. The Bertz CT molecular complexity index is 261. The molecule has 1 amide bonds. The molecular weight excluding hydrogens is 210 g/mol. The number of ether oxygens (including phenoxy) is 1. The Kier molecular flexibility index (Phi) is 4.73. The first-order valence-corrected chi connectivity index (χ1v) is 5.67. The van der Waals surface area contributed by atoms with Crippen molar-refractivity contribution >= 4 is 11.9 Å². The van der Waals surface area contributed by atoms with E-state index in [4.69, 9.17) is 9.84 Å². The summed E-state index contributed by atoms with van der Waals surface area (Å²) in [7, 11) is 0. The van der Waals surface area contributed by atoms with Gasteiger partial charge in [-0.2, -0.15) is 0 Å². The summed E-state index contributed by atoms with van der Waals surface area (Å²) in [5.74, 6) is -1.43. The van der Waals surface area contributed by atoms with Crippen LogP contribution < -0.4 is 5.32 Å². The third kappa shape index (κ3) is 3.20. The van der Waals surface area contributed by atoms with E-state index in [2.05, 4.69) is 5.32 Å². The molecule has 0 spiro atoms. The molecule has 0 aromatic rings. The van der Waals surface area contributed by atoms with Crippen LogP contribution in [0.15, 0.2) is 0 Å². The zero-order valence-corrected chi connectivity index (χ0v) is 9.73. The van der Waals surface area contributed by atoms with Crippen molar-refractivity contribution in [2.24, 2.45) is 11.8 Å². The monoisotopic (exact) mass is 229 g/mol. The first kappa shape index (κ1) is 13.0. The average Bonchev–Trinajstić information content (AvgIpc) is 2.77. The van der Waals surface area contributed by atoms with E-state index in [0.29, 0.717) is 19.6 Å². The van der Waals surface area contributed by atoms with Crippen LogP contribution in [-0.4, -0.2) is 36.2 Å². The van der Waals surface area contributed by atoms with Crippen LogP contribution in [0.25, 0.3) is 0 Å². The second kappa shape index (κ2) is 5.84. The molecule has 1 aliphatic heterocycles. The average molecular weight is 229 g/mol. The van der Waals surface area contributed by atoms with Crippen molar-refractivity contribution in [2.75, 3.05) is 13.2 Å². The molecule has 0 aromatic heterocycles. The van der Waals surface area contributed by atoms with Crippen LogP contribution in [0.3, 0.4) is 0 Å². The van der Waals surface area contributed by atoms with Crippen molar-refractivity contribution in [3.8, 4) is 0 Å². The number of carboxylic acids is 1. The number of hydrogen-bond donors (Lipinski definition) is 2. The smallest absolute Gasteiger partial charge is 0.326 e. The Morgan fingerprint density at radius 3 is 2.69 bits per heavy atom. The van der Waals surface area contributed by atoms with Crippen LogP contribution in [0.5, 0.6) is 0 Å². The lowest BCUT2D eigenvalue weighted by molar-refractivity contribution is -0.144. The molecule has 0 aliphatic carbocycles. The fraction of sp³-hybridized carbons (Fsp3) is 0.818. The van der Waals surface area contributed by atoms with Gasteiger partial charge in [0.25, 0.3) is 0 Å². The topological polar surface area (TPSA) is 75.6 Å². The molecule has 1 heterocycles. The maximum absolute atomic E-state index is 11.7. The minimum Gasteiger partial charge on any atom is -0.480 e. The highest BCUT2D eigenvalue weighted by Crippen LogP contribution is 2.14. The number of carbonyl (C=O) groups excluding carboxylic acids is 1. The van der Waals surface area contributed by atoms with Gasteiger partial charge in [-0.1, -0.05) is 20.3 Å². The molecule has 1 saturated heterocycles. The number of aliphatic carboxylic acids is 1. The van der Waals surface area contributed by atoms with Gasteiger partial charge in [0.15, 0.2) is 0 Å². The van der Waals surface area contributed by atoms with E-state index in [0.717, 1.165) is 6.42 Å². The molecule has 0 bridgehead atoms. The zero-order valence-electron chi connectivity index (χ0n) is 9.73. The number of amides is 1. The molecule has 5 heteroatoms. The van der Waals surface area contributed by atoms with Crippen LogP contribution >= 0.6 is 0 Å². The molecule has 2 N–H and O–H groups in total. The van der Waals surface area contributed by atoms with Crippen LogP contribution in [0.4, 0.5) is 0 Å². The highest BCUT2D eigenvalue weighted by Gasteiger charge is 2.30. The predicted molar refractivity (Wildman–Crippen MR) is 57.9 cm³/mol. The second-order valence-electron chi connectivity index (χ2n) is 4.27. The molecule has 0 saturated carbocycles. The molecule has 1 rings (SSSR count). The maximum atomic E-state index is 11.7. The third-order valence-electron chi connectivity index (χ3n) is 3.08. The van der Waals surface area contributed by atoms with Gasteiger partial charge in [0.2, 0.25) is 5.91 Å². The largest absolute Gasteiger partial charge is 0.480 e. The fourth-order valence-corrected chi connectivity index (χ4v) is 1.70. The Balaban J connectivity index is 2.53. The summed E-state index contributed by atoms with van der Waals surface area (Å²) in [6.45, 7) is 4.72. The van der Waals surface area contributed by atoms with Gasteiger partial charge in [-0.05, 0) is 12.3 Å². The highest BCUT2D eigenvalue weighted by atomic mass is 16.5. The van der Waals surface area contributed by atoms with Crippen LogP contribution in [0.2, 0.25) is 0 Å². The van der Waals surface area contributed by atoms with E-state index < -0.39 is 12.0 Å². The van der Waals surface area contributed by atoms with Gasteiger partial charge in [0.1, 0.15) is 6.04 Å². The SMILES string of the molecule is CC[C@@H](C)[C@@H](NC(=O)[C@@H]1CCOC1)C(=O)O. The summed E-state index contributed by atoms with van der Waals surface area (Å²) in [5.41, 5.74) is 0. The van der Waals surface area contributed by atoms with E-state index in [-0.39, 0.29) is 17.7 Å². The van der Waals surface area contributed by atoms with Crippen molar-refractivity contribution < 1.29 is 19.4 Å². The lowest BCUT2D eigenvalue weighted by atomic mass is 9.98. The Hall–Kier alpha value is -1.10. The van der Waals surface area contributed by atoms with E-state index >= 15 is 0 Å². The minimum absolute atomic E-state index is 0.0660. The summed E-state index contributed by atoms with van der Waals surface area (Å²) >= 11 is 0. The van der Waals surface area contributed by atoms with Gasteiger partial charge in [-0.25, -0.2) is 4.79 Å². The number of carboxylic acid groups (broad SMARTS) is 1. The Labute approximate surface area is 95.2 Å². The van der Waals surface area contributed by atoms with Crippen LogP contribution in [0, 0.1) is 11.8 Å². The van der Waals surface area contributed by atoms with Crippen LogP contribution in [-0.2, 0) is 14.3 Å². The van der Waals surface area contributed by atoms with Crippen molar-refractivity contribution in [2.45, 2.75) is 32.7 Å². The van der Waals surface area contributed by atoms with Gasteiger partial charge in [0, 0.05) is 6.61 Å². The minimum atomic E-state index is -0.971. The quantitative estimate of drug-likeness (QED) is 0.725. The fourth-order valence-electron chi connectivity index (χ4n) is 1.70. The first-order chi connectivity index (χ1) is 7.56. The lowest BCUT2D eigenvalue weighted by Crippen LogP contribution is -2.47. The van der Waals surface area contributed by atoms with E-state index in [1.165, 1.54) is 0 Å². The lowest BCUT2D eigenvalue weighted by Gasteiger charge is -2.21. The van der Waals surface area contributed by atoms with Gasteiger partial charge >= 0.3 is 5.97 Å². The van der Waals surface area contributed by atoms with Gasteiger partial charge < -0.3 is 15.2 Å². The normalized spacial score (nSPS) is 23.8. The van der Waals surface area contributed by atoms with E-state index in [9.17, 15) is 9.59 Å².